The van der Waals surface area contributed by atoms with Crippen molar-refractivity contribution in [2.75, 3.05) is 13.1 Å². The summed E-state index contributed by atoms with van der Waals surface area (Å²) in [4.78, 5) is 12.8. The van der Waals surface area contributed by atoms with Crippen LogP contribution in [-0.4, -0.2) is 30.1 Å². The van der Waals surface area contributed by atoms with Gasteiger partial charge in [0.1, 0.15) is 6.54 Å². The standard InChI is InChI=1S/C12H13BrF3NO/c1-3-17(7-12(14,15)16)11(18)9-6-4-5-8(2)10(9)13/h4-6H,3,7H2,1-2H3. The van der Waals surface area contributed by atoms with Crippen molar-refractivity contribution in [3.05, 3.63) is 33.8 Å². The molecule has 100 valence electrons. The number of benzene rings is 1. The van der Waals surface area contributed by atoms with Gasteiger partial charge in [-0.2, -0.15) is 13.2 Å². The SMILES string of the molecule is CCN(CC(F)(F)F)C(=O)c1cccc(C)c1Br. The van der Waals surface area contributed by atoms with Gasteiger partial charge in [-0.1, -0.05) is 12.1 Å². The minimum absolute atomic E-state index is 0.0126. The van der Waals surface area contributed by atoms with Crippen molar-refractivity contribution in [1.82, 2.24) is 4.90 Å². The largest absolute Gasteiger partial charge is 0.406 e. The lowest BCUT2D eigenvalue weighted by molar-refractivity contribution is -0.140. The molecule has 18 heavy (non-hydrogen) atoms. The van der Waals surface area contributed by atoms with Crippen molar-refractivity contribution in [3.63, 3.8) is 0 Å². The number of carbonyl (C=O) groups is 1. The van der Waals surface area contributed by atoms with Gasteiger partial charge in [0.05, 0.1) is 5.56 Å². The maximum Gasteiger partial charge on any atom is 0.406 e. The molecule has 0 saturated heterocycles. The van der Waals surface area contributed by atoms with Gasteiger partial charge in [-0.25, -0.2) is 0 Å². The van der Waals surface area contributed by atoms with Crippen LogP contribution in [0.3, 0.4) is 0 Å². The highest BCUT2D eigenvalue weighted by Gasteiger charge is 2.33. The number of halogens is 4. The maximum atomic E-state index is 12.3. The molecule has 0 bridgehead atoms. The predicted molar refractivity (Wildman–Crippen MR) is 66.5 cm³/mol. The summed E-state index contributed by atoms with van der Waals surface area (Å²) in [5.74, 6) is -0.620. The first-order chi connectivity index (χ1) is 8.26. The van der Waals surface area contributed by atoms with Crippen LogP contribution in [-0.2, 0) is 0 Å². The summed E-state index contributed by atoms with van der Waals surface area (Å²) in [6.45, 7) is 2.08. The average Bonchev–Trinajstić information content (AvgIpc) is 2.27. The number of alkyl halides is 3. The van der Waals surface area contributed by atoms with Gasteiger partial charge in [0.2, 0.25) is 0 Å². The highest BCUT2D eigenvalue weighted by atomic mass is 79.9. The Morgan fingerprint density at radius 2 is 2.00 bits per heavy atom. The second-order valence-electron chi connectivity index (χ2n) is 3.87. The molecule has 0 aliphatic carbocycles. The van der Waals surface area contributed by atoms with Gasteiger partial charge >= 0.3 is 6.18 Å². The van der Waals surface area contributed by atoms with Gasteiger partial charge in [-0.3, -0.25) is 4.79 Å². The van der Waals surface area contributed by atoms with Gasteiger partial charge in [0.25, 0.3) is 5.91 Å². The van der Waals surface area contributed by atoms with Crippen LogP contribution >= 0.6 is 15.9 Å². The summed E-state index contributed by atoms with van der Waals surface area (Å²) >= 11 is 3.23. The third-order valence-electron chi connectivity index (χ3n) is 2.46. The molecular formula is C12H13BrF3NO. The van der Waals surface area contributed by atoms with E-state index in [9.17, 15) is 18.0 Å². The number of aryl methyl sites for hydroxylation is 1. The van der Waals surface area contributed by atoms with Crippen molar-refractivity contribution in [2.45, 2.75) is 20.0 Å². The molecule has 1 aromatic rings. The zero-order chi connectivity index (χ0) is 13.9. The quantitative estimate of drug-likeness (QED) is 0.829. The highest BCUT2D eigenvalue weighted by Crippen LogP contribution is 2.24. The van der Waals surface area contributed by atoms with Gasteiger partial charge in [0, 0.05) is 11.0 Å². The first-order valence-electron chi connectivity index (χ1n) is 5.37. The highest BCUT2D eigenvalue weighted by molar-refractivity contribution is 9.10. The van der Waals surface area contributed by atoms with Gasteiger partial charge in [-0.15, -0.1) is 0 Å². The van der Waals surface area contributed by atoms with Crippen LogP contribution in [0.2, 0.25) is 0 Å². The van der Waals surface area contributed by atoms with E-state index in [1.54, 1.807) is 19.1 Å². The third kappa shape index (κ3) is 3.73. The summed E-state index contributed by atoms with van der Waals surface area (Å²) in [7, 11) is 0. The second-order valence-corrected chi connectivity index (χ2v) is 4.66. The lowest BCUT2D eigenvalue weighted by atomic mass is 10.1. The monoisotopic (exact) mass is 323 g/mol. The normalized spacial score (nSPS) is 11.4. The Balaban J connectivity index is 3.01. The van der Waals surface area contributed by atoms with E-state index in [1.807, 2.05) is 0 Å². The Labute approximate surface area is 112 Å². The van der Waals surface area contributed by atoms with E-state index in [0.717, 1.165) is 10.5 Å². The van der Waals surface area contributed by atoms with Crippen LogP contribution in [0.15, 0.2) is 22.7 Å². The molecule has 0 fully saturated rings. The number of hydrogen-bond acceptors (Lipinski definition) is 1. The Morgan fingerprint density at radius 1 is 1.39 bits per heavy atom. The molecule has 1 rings (SSSR count). The van der Waals surface area contributed by atoms with Crippen LogP contribution in [0.5, 0.6) is 0 Å². The van der Waals surface area contributed by atoms with Gasteiger partial charge in [0.15, 0.2) is 0 Å². The van der Waals surface area contributed by atoms with Crippen LogP contribution in [0.25, 0.3) is 0 Å². The molecule has 0 heterocycles. The lowest BCUT2D eigenvalue weighted by Crippen LogP contribution is -2.38. The maximum absolute atomic E-state index is 12.3. The minimum atomic E-state index is -4.39. The zero-order valence-corrected chi connectivity index (χ0v) is 11.6. The topological polar surface area (TPSA) is 20.3 Å². The summed E-state index contributed by atoms with van der Waals surface area (Å²) in [6.07, 6.45) is -4.39. The number of amides is 1. The van der Waals surface area contributed by atoms with Crippen molar-refractivity contribution in [1.29, 1.82) is 0 Å². The minimum Gasteiger partial charge on any atom is -0.330 e. The van der Waals surface area contributed by atoms with Crippen molar-refractivity contribution in [3.8, 4) is 0 Å². The lowest BCUT2D eigenvalue weighted by Gasteiger charge is -2.23. The molecule has 0 atom stereocenters. The molecule has 0 aromatic heterocycles. The van der Waals surface area contributed by atoms with Crippen LogP contribution in [0.1, 0.15) is 22.8 Å². The van der Waals surface area contributed by atoms with Crippen molar-refractivity contribution >= 4 is 21.8 Å². The molecule has 1 aromatic carbocycles. The Kier molecular flexibility index (Phi) is 4.78. The molecule has 1 amide bonds. The number of carbonyl (C=O) groups excluding carboxylic acids is 1. The van der Waals surface area contributed by atoms with E-state index in [4.69, 9.17) is 0 Å². The summed E-state index contributed by atoms with van der Waals surface area (Å²) in [6, 6.07) is 4.94. The first-order valence-corrected chi connectivity index (χ1v) is 6.16. The summed E-state index contributed by atoms with van der Waals surface area (Å²) in [5, 5.41) is 0. The fourth-order valence-corrected chi connectivity index (χ4v) is 1.96. The molecule has 0 radical (unpaired) electrons. The number of nitrogens with zero attached hydrogens (tertiary/aromatic N) is 1. The van der Waals surface area contributed by atoms with Crippen LogP contribution in [0, 0.1) is 6.92 Å². The van der Waals surface area contributed by atoms with E-state index in [2.05, 4.69) is 15.9 Å². The van der Waals surface area contributed by atoms with Gasteiger partial charge < -0.3 is 4.90 Å². The Bertz CT molecular complexity index is 445. The molecule has 0 unspecified atom stereocenters. The van der Waals surface area contributed by atoms with E-state index >= 15 is 0 Å². The molecular weight excluding hydrogens is 311 g/mol. The van der Waals surface area contributed by atoms with E-state index in [0.29, 0.717) is 4.47 Å². The zero-order valence-electron chi connectivity index (χ0n) is 10.0. The van der Waals surface area contributed by atoms with Crippen molar-refractivity contribution in [2.24, 2.45) is 0 Å². The molecule has 0 saturated carbocycles. The predicted octanol–water partition coefficient (Wildman–Crippen LogP) is 3.78. The molecule has 2 nitrogen and oxygen atoms in total. The summed E-state index contributed by atoms with van der Waals surface area (Å²) < 4.78 is 37.6. The van der Waals surface area contributed by atoms with E-state index < -0.39 is 18.6 Å². The Morgan fingerprint density at radius 3 is 2.50 bits per heavy atom. The van der Waals surface area contributed by atoms with Gasteiger partial charge in [-0.05, 0) is 41.4 Å². The number of rotatable bonds is 3. The molecule has 0 aliphatic heterocycles. The smallest absolute Gasteiger partial charge is 0.330 e. The third-order valence-corrected chi connectivity index (χ3v) is 3.51. The van der Waals surface area contributed by atoms with Crippen LogP contribution in [0.4, 0.5) is 13.2 Å². The fourth-order valence-electron chi connectivity index (χ4n) is 1.53. The second kappa shape index (κ2) is 5.73. The molecule has 0 N–H and O–H groups in total. The van der Waals surface area contributed by atoms with E-state index in [1.165, 1.54) is 13.0 Å². The average molecular weight is 324 g/mol. The molecule has 6 heteroatoms. The summed E-state index contributed by atoms with van der Waals surface area (Å²) in [5.41, 5.74) is 1.06. The molecule has 0 aliphatic rings. The molecule has 0 spiro atoms. The van der Waals surface area contributed by atoms with E-state index in [-0.39, 0.29) is 12.1 Å². The van der Waals surface area contributed by atoms with Crippen molar-refractivity contribution < 1.29 is 18.0 Å². The number of hydrogen-bond donors (Lipinski definition) is 0. The Hall–Kier alpha value is -1.04. The first kappa shape index (κ1) is 15.0. The fraction of sp³-hybridized carbons (Fsp3) is 0.417. The van der Waals surface area contributed by atoms with Crippen LogP contribution < -0.4 is 0 Å².